The molecule has 0 aromatic heterocycles. The van der Waals surface area contributed by atoms with E-state index in [1.54, 1.807) is 41.5 Å². The van der Waals surface area contributed by atoms with Crippen molar-refractivity contribution in [2.75, 3.05) is 55.9 Å². The summed E-state index contributed by atoms with van der Waals surface area (Å²) < 4.78 is 6.31. The lowest BCUT2D eigenvalue weighted by Crippen LogP contribution is -2.63. The first-order chi connectivity index (χ1) is 40.1. The largest absolute Gasteiger partial charge is 0.493 e. The summed E-state index contributed by atoms with van der Waals surface area (Å²) in [5, 5.41) is 11.1. The van der Waals surface area contributed by atoms with E-state index < -0.39 is 150 Å². The lowest BCUT2D eigenvalue weighted by Gasteiger charge is -2.42. The van der Waals surface area contributed by atoms with Crippen LogP contribution < -0.4 is 21.3 Å². The number of nitrogens with zero attached hydrogens (tertiary/aromatic N) is 7. The third kappa shape index (κ3) is 22.4. The van der Waals surface area contributed by atoms with Gasteiger partial charge in [-0.25, -0.2) is 0 Å². The van der Waals surface area contributed by atoms with Crippen LogP contribution in [0.2, 0.25) is 0 Å². The zero-order valence-corrected chi connectivity index (χ0v) is 57.8. The maximum Gasteiger partial charge on any atom is 0.247 e. The van der Waals surface area contributed by atoms with Gasteiger partial charge in [-0.3, -0.25) is 52.7 Å². The fourth-order valence-electron chi connectivity index (χ4n) is 10.9. The lowest BCUT2D eigenvalue weighted by atomic mass is 9.91. The number of carbonyl (C=O) groups is 11. The van der Waals surface area contributed by atoms with Crippen LogP contribution >= 0.6 is 0 Å². The van der Waals surface area contributed by atoms with Gasteiger partial charge in [-0.1, -0.05) is 110 Å². The zero-order valence-electron chi connectivity index (χ0n) is 57.8. The summed E-state index contributed by atoms with van der Waals surface area (Å²) >= 11 is 0. The van der Waals surface area contributed by atoms with Crippen LogP contribution in [0.25, 0.3) is 0 Å². The highest BCUT2D eigenvalue weighted by Gasteiger charge is 2.46. The molecule has 1 rings (SSSR count). The maximum absolute atomic E-state index is 15.4. The Morgan fingerprint density at radius 1 is 0.494 bits per heavy atom. The van der Waals surface area contributed by atoms with Gasteiger partial charge in [-0.15, -0.1) is 0 Å². The minimum absolute atomic E-state index is 0. The van der Waals surface area contributed by atoms with Crippen molar-refractivity contribution in [3.05, 3.63) is 12.3 Å². The molecule has 0 saturated carbocycles. The van der Waals surface area contributed by atoms with Gasteiger partial charge in [0.25, 0.3) is 0 Å². The van der Waals surface area contributed by atoms with Crippen LogP contribution in [0.4, 0.5) is 0 Å². The van der Waals surface area contributed by atoms with Crippen molar-refractivity contribution in [1.29, 1.82) is 0 Å². The molecule has 87 heavy (non-hydrogen) atoms. The molecule has 1 unspecified atom stereocenters. The summed E-state index contributed by atoms with van der Waals surface area (Å²) in [5.74, 6) is -8.56. The fourth-order valence-corrected chi connectivity index (χ4v) is 10.9. The fraction of sp³-hybridized carbons (Fsp3) is 0.797. The van der Waals surface area contributed by atoms with Crippen LogP contribution in [-0.4, -0.2) is 222 Å². The minimum Gasteiger partial charge on any atom is -0.493 e. The standard InChI is InChI=1S/C64H115N11O12.4H2/c1-27-42(17)54(87-41(15)16)53-58(80)67-45(28-2)60(82)69(20)34-50(76)70(21)47(31-36(5)6)57(79)68-51(39(11)12)63(85)72(23)48(32-37(7)8)56(78)65-43(18)55(77)66-44(19)59(81)73(24)49(33-38(9)10)62(84)71(22)46(30-29-35(3)4)61(83)74(25)52(40(13)14)64(86)75(53)26;;;;/h35-40,42-49,51-54H,15,27-34H2,1-14,16-26H3,(H,65,78)(H,66,77)(H,67,80)(H,68,79);4*1H/t42-,43+,44-,45+,46+,47+,48+,49+,51+,52+,53?,54-;;;;/m1..../s1. The molecule has 0 radical (unpaired) electrons. The van der Waals surface area contributed by atoms with Crippen LogP contribution in [0.5, 0.6) is 0 Å². The lowest BCUT2D eigenvalue weighted by molar-refractivity contribution is -0.157. The van der Waals surface area contributed by atoms with Gasteiger partial charge in [0.2, 0.25) is 65.0 Å². The first-order valence-electron chi connectivity index (χ1n) is 31.5. The van der Waals surface area contributed by atoms with Crippen molar-refractivity contribution in [3.63, 3.8) is 0 Å². The van der Waals surface area contributed by atoms with E-state index in [0.29, 0.717) is 12.8 Å². The van der Waals surface area contributed by atoms with Crippen LogP contribution in [0, 0.1) is 41.4 Å². The Hall–Kier alpha value is -6.29. The van der Waals surface area contributed by atoms with Crippen molar-refractivity contribution in [3.8, 4) is 0 Å². The molecule has 1 heterocycles. The monoisotopic (exact) mass is 1240 g/mol. The van der Waals surface area contributed by atoms with Crippen molar-refractivity contribution >= 4 is 65.0 Å². The van der Waals surface area contributed by atoms with E-state index in [1.807, 2.05) is 69.2 Å². The predicted molar refractivity (Wildman–Crippen MR) is 346 cm³/mol. The molecular formula is C64H123N11O12. The van der Waals surface area contributed by atoms with Gasteiger partial charge in [-0.05, 0) is 107 Å². The van der Waals surface area contributed by atoms with Crippen molar-refractivity contribution in [1.82, 2.24) is 55.6 Å². The molecule has 0 spiro atoms. The van der Waals surface area contributed by atoms with E-state index in [4.69, 9.17) is 4.74 Å². The maximum atomic E-state index is 15.4. The summed E-state index contributed by atoms with van der Waals surface area (Å²) in [5.41, 5.74) is 0. The molecule has 1 saturated heterocycles. The Morgan fingerprint density at radius 3 is 1.40 bits per heavy atom. The number of likely N-dealkylation sites (N-methyl/N-ethyl adjacent to an activating group) is 7. The molecule has 23 heteroatoms. The SMILES string of the molecule is C=C(C)O[C@@H](C1C(=O)N[C@@H](CC)C(=O)N(C)CC(=O)N(C)[C@@H](CC(C)C)C(=O)N[C@@H](C(C)C)C(=O)N(C)[C@@H](CC(C)C)C(=O)N[C@@H](C)C(=O)N[C@H](C)C(=O)N(C)[C@@H](CC(C)C)C(=O)N(C)[C@@H](CCC(C)C)C(=O)N(C)[C@@H](C(C)C)C(=O)N1C)[C@H](C)CC.[HH].[HH].[HH].[HH]. The smallest absolute Gasteiger partial charge is 0.247 e. The van der Waals surface area contributed by atoms with Gasteiger partial charge < -0.3 is 60.3 Å². The van der Waals surface area contributed by atoms with E-state index in [-0.39, 0.29) is 73.2 Å². The minimum atomic E-state index is -1.41. The summed E-state index contributed by atoms with van der Waals surface area (Å²) in [6.07, 6.45) is 0.715. The molecule has 1 aliphatic rings. The van der Waals surface area contributed by atoms with E-state index in [0.717, 1.165) is 4.90 Å². The van der Waals surface area contributed by atoms with Crippen molar-refractivity contribution in [2.45, 2.75) is 236 Å². The van der Waals surface area contributed by atoms with Crippen molar-refractivity contribution in [2.24, 2.45) is 41.4 Å². The Balaban J connectivity index is -0.00000946. The van der Waals surface area contributed by atoms with Gasteiger partial charge in [0.1, 0.15) is 66.5 Å². The third-order valence-electron chi connectivity index (χ3n) is 16.6. The number of nitrogens with one attached hydrogen (secondary N) is 4. The molecule has 0 aromatic rings. The van der Waals surface area contributed by atoms with Gasteiger partial charge in [0.05, 0.1) is 12.3 Å². The number of carbonyl (C=O) groups excluding carboxylic acids is 11. The zero-order chi connectivity index (χ0) is 67.6. The molecule has 23 nitrogen and oxygen atoms in total. The van der Waals surface area contributed by atoms with E-state index in [9.17, 15) is 33.6 Å². The van der Waals surface area contributed by atoms with E-state index >= 15 is 19.2 Å². The molecule has 4 N–H and O–H groups in total. The Morgan fingerprint density at radius 2 is 0.943 bits per heavy atom. The number of hydrogen-bond donors (Lipinski definition) is 4. The number of rotatable bonds is 17. The normalized spacial score (nSPS) is 26.4. The molecule has 506 valence electrons. The predicted octanol–water partition coefficient (Wildman–Crippen LogP) is 5.64. The van der Waals surface area contributed by atoms with Crippen LogP contribution in [0.3, 0.4) is 0 Å². The number of hydrogen-bond acceptors (Lipinski definition) is 12. The average Bonchev–Trinajstić information content (AvgIpc) is 3.42. The van der Waals surface area contributed by atoms with E-state index in [1.165, 1.54) is 92.6 Å². The highest BCUT2D eigenvalue weighted by Crippen LogP contribution is 2.27. The molecule has 0 aromatic carbocycles. The quantitative estimate of drug-likeness (QED) is 0.129. The van der Waals surface area contributed by atoms with Gasteiger partial charge in [-0.2, -0.15) is 0 Å². The topological polar surface area (TPSA) is 268 Å². The summed E-state index contributed by atoms with van der Waals surface area (Å²) in [4.78, 5) is 170. The first kappa shape index (κ1) is 78.7. The second-order valence-corrected chi connectivity index (χ2v) is 26.8. The molecule has 0 aliphatic carbocycles. The summed E-state index contributed by atoms with van der Waals surface area (Å²) in [6, 6.07) is -12.0. The second-order valence-electron chi connectivity index (χ2n) is 26.8. The number of allylic oxidation sites excluding steroid dienone is 1. The average molecular weight is 1240 g/mol. The summed E-state index contributed by atoms with van der Waals surface area (Å²) in [7, 11) is 10.1. The second kappa shape index (κ2) is 35.6. The number of ether oxygens (including phenoxy) is 1. The van der Waals surface area contributed by atoms with Crippen LogP contribution in [0.1, 0.15) is 175 Å². The molecule has 12 atom stereocenters. The highest BCUT2D eigenvalue weighted by molar-refractivity contribution is 5.99. The highest BCUT2D eigenvalue weighted by atomic mass is 16.5. The van der Waals surface area contributed by atoms with Crippen LogP contribution in [0.15, 0.2) is 12.3 Å². The Kier molecular flexibility index (Phi) is 32.2. The Bertz CT molecular complexity index is 2400. The Labute approximate surface area is 527 Å². The third-order valence-corrected chi connectivity index (χ3v) is 16.6. The molecule has 1 aliphatic heterocycles. The van der Waals surface area contributed by atoms with Gasteiger partial charge >= 0.3 is 0 Å². The van der Waals surface area contributed by atoms with E-state index in [2.05, 4.69) is 27.8 Å². The van der Waals surface area contributed by atoms with Gasteiger partial charge in [0.15, 0.2) is 0 Å². The van der Waals surface area contributed by atoms with Crippen molar-refractivity contribution < 1.29 is 63.2 Å². The number of amides is 11. The first-order valence-corrected chi connectivity index (χ1v) is 31.5. The molecular weight excluding hydrogens is 1110 g/mol. The molecule has 0 bridgehead atoms. The molecule has 1 fully saturated rings. The van der Waals surface area contributed by atoms with Gasteiger partial charge in [0, 0.05) is 55.0 Å². The summed E-state index contributed by atoms with van der Waals surface area (Å²) in [6.45, 7) is 35.6. The van der Waals surface area contributed by atoms with Crippen LogP contribution in [-0.2, 0) is 57.5 Å². The molecule has 11 amide bonds.